The summed E-state index contributed by atoms with van der Waals surface area (Å²) in [5.41, 5.74) is 1.63. The molecular weight excluding hydrogens is 343 g/mol. The highest BCUT2D eigenvalue weighted by Gasteiger charge is 2.08. The summed E-state index contributed by atoms with van der Waals surface area (Å²) in [5, 5.41) is 4.72. The van der Waals surface area contributed by atoms with Crippen molar-refractivity contribution in [3.05, 3.63) is 50.9 Å². The van der Waals surface area contributed by atoms with E-state index in [9.17, 15) is 9.18 Å². The first kappa shape index (κ1) is 15.2. The third-order valence-electron chi connectivity index (χ3n) is 2.60. The molecule has 0 unspecified atom stereocenters. The van der Waals surface area contributed by atoms with Crippen LogP contribution in [0.25, 0.3) is 0 Å². The van der Waals surface area contributed by atoms with Crippen molar-refractivity contribution in [2.75, 3.05) is 18.9 Å². The quantitative estimate of drug-likeness (QED) is 0.885. The normalized spacial score (nSPS) is 10.8. The summed E-state index contributed by atoms with van der Waals surface area (Å²) in [5.74, 6) is -0.522. The standard InChI is InChI=1S/C14H14BrFN2OS/c1-18(7-10-5-13(15)20-9-10)8-14(19)17-12-4-2-3-11(16)6-12/h2-6,9H,7-8H2,1H3,(H,17,19). The number of amides is 1. The highest BCUT2D eigenvalue weighted by Crippen LogP contribution is 2.21. The summed E-state index contributed by atoms with van der Waals surface area (Å²) >= 11 is 5.03. The molecule has 3 nitrogen and oxygen atoms in total. The maximum atomic E-state index is 13.0. The number of hydrogen-bond donors (Lipinski definition) is 1. The maximum Gasteiger partial charge on any atom is 0.238 e. The van der Waals surface area contributed by atoms with Crippen molar-refractivity contribution in [1.82, 2.24) is 4.90 Å². The number of carbonyl (C=O) groups excluding carboxylic acids is 1. The number of carbonyl (C=O) groups is 1. The molecular formula is C14H14BrFN2OS. The van der Waals surface area contributed by atoms with Gasteiger partial charge in [0, 0.05) is 12.2 Å². The largest absolute Gasteiger partial charge is 0.325 e. The highest BCUT2D eigenvalue weighted by atomic mass is 79.9. The molecule has 0 radical (unpaired) electrons. The van der Waals surface area contributed by atoms with Crippen LogP contribution in [0.3, 0.4) is 0 Å². The molecule has 1 aromatic carbocycles. The minimum atomic E-state index is -0.362. The third-order valence-corrected chi connectivity index (χ3v) is 4.15. The Morgan fingerprint density at radius 1 is 1.45 bits per heavy atom. The molecule has 1 aromatic heterocycles. The van der Waals surface area contributed by atoms with Crippen molar-refractivity contribution in [2.24, 2.45) is 0 Å². The summed E-state index contributed by atoms with van der Waals surface area (Å²) < 4.78 is 14.1. The van der Waals surface area contributed by atoms with Gasteiger partial charge in [-0.1, -0.05) is 6.07 Å². The van der Waals surface area contributed by atoms with Crippen LogP contribution in [0.2, 0.25) is 0 Å². The monoisotopic (exact) mass is 356 g/mol. The molecule has 0 atom stereocenters. The number of benzene rings is 1. The molecule has 106 valence electrons. The summed E-state index contributed by atoms with van der Waals surface area (Å²) in [6, 6.07) is 7.91. The van der Waals surface area contributed by atoms with Gasteiger partial charge in [0.2, 0.25) is 5.91 Å². The lowest BCUT2D eigenvalue weighted by Crippen LogP contribution is -2.29. The van der Waals surface area contributed by atoms with E-state index in [-0.39, 0.29) is 18.3 Å². The number of rotatable bonds is 5. The van der Waals surface area contributed by atoms with Crippen molar-refractivity contribution < 1.29 is 9.18 Å². The zero-order chi connectivity index (χ0) is 14.5. The zero-order valence-corrected chi connectivity index (χ0v) is 13.3. The van der Waals surface area contributed by atoms with Crippen LogP contribution in [-0.4, -0.2) is 24.4 Å². The molecule has 2 rings (SSSR count). The molecule has 0 spiro atoms. The Balaban J connectivity index is 1.84. The average molecular weight is 357 g/mol. The second kappa shape index (κ2) is 6.97. The number of halogens is 2. The zero-order valence-electron chi connectivity index (χ0n) is 10.9. The van der Waals surface area contributed by atoms with Crippen molar-refractivity contribution in [3.8, 4) is 0 Å². The van der Waals surface area contributed by atoms with E-state index >= 15 is 0 Å². The molecule has 0 aliphatic rings. The smallest absolute Gasteiger partial charge is 0.238 e. The van der Waals surface area contributed by atoms with Crippen molar-refractivity contribution >= 4 is 38.9 Å². The Kier molecular flexibility index (Phi) is 5.28. The van der Waals surface area contributed by atoms with Gasteiger partial charge >= 0.3 is 0 Å². The van der Waals surface area contributed by atoms with Crippen molar-refractivity contribution in [2.45, 2.75) is 6.54 Å². The Bertz CT molecular complexity index is 602. The van der Waals surface area contributed by atoms with Crippen molar-refractivity contribution in [1.29, 1.82) is 0 Å². The topological polar surface area (TPSA) is 32.3 Å². The van der Waals surface area contributed by atoms with Crippen LogP contribution < -0.4 is 5.32 Å². The maximum absolute atomic E-state index is 13.0. The fraction of sp³-hybridized carbons (Fsp3) is 0.214. The van der Waals surface area contributed by atoms with Crippen LogP contribution in [0.15, 0.2) is 39.5 Å². The van der Waals surface area contributed by atoms with Crippen LogP contribution in [0.4, 0.5) is 10.1 Å². The number of anilines is 1. The molecule has 1 heterocycles. The van der Waals surface area contributed by atoms with Crippen LogP contribution in [0.1, 0.15) is 5.56 Å². The predicted octanol–water partition coefficient (Wildman–Crippen LogP) is 3.72. The van der Waals surface area contributed by atoms with E-state index in [2.05, 4.69) is 21.2 Å². The molecule has 0 saturated carbocycles. The Hall–Kier alpha value is -1.24. The SMILES string of the molecule is CN(CC(=O)Nc1cccc(F)c1)Cc1csc(Br)c1. The van der Waals surface area contributed by atoms with Gasteiger partial charge in [0.05, 0.1) is 10.3 Å². The minimum absolute atomic E-state index is 0.160. The Labute approximate surface area is 129 Å². The fourth-order valence-corrected chi connectivity index (χ4v) is 3.01. The van der Waals surface area contributed by atoms with E-state index in [1.54, 1.807) is 23.5 Å². The third kappa shape index (κ3) is 4.70. The van der Waals surface area contributed by atoms with E-state index in [0.29, 0.717) is 12.2 Å². The molecule has 0 bridgehead atoms. The number of hydrogen-bond acceptors (Lipinski definition) is 3. The molecule has 20 heavy (non-hydrogen) atoms. The van der Waals surface area contributed by atoms with Crippen LogP contribution in [0.5, 0.6) is 0 Å². The Morgan fingerprint density at radius 2 is 2.25 bits per heavy atom. The molecule has 0 aliphatic heterocycles. The summed E-state index contributed by atoms with van der Waals surface area (Å²) in [7, 11) is 1.87. The fourth-order valence-electron chi connectivity index (χ4n) is 1.81. The lowest BCUT2D eigenvalue weighted by molar-refractivity contribution is -0.117. The van der Waals surface area contributed by atoms with Gasteiger partial charge in [-0.25, -0.2) is 4.39 Å². The number of nitrogens with one attached hydrogen (secondary N) is 1. The second-order valence-electron chi connectivity index (χ2n) is 4.49. The highest BCUT2D eigenvalue weighted by molar-refractivity contribution is 9.11. The van der Waals surface area contributed by atoms with Crippen LogP contribution in [-0.2, 0) is 11.3 Å². The van der Waals surface area contributed by atoms with Gasteiger partial charge in [-0.05, 0) is 58.2 Å². The van der Waals surface area contributed by atoms with Gasteiger partial charge < -0.3 is 5.32 Å². The van der Waals surface area contributed by atoms with E-state index in [0.717, 1.165) is 9.35 Å². The lowest BCUT2D eigenvalue weighted by Gasteiger charge is -2.15. The van der Waals surface area contributed by atoms with Gasteiger partial charge in [-0.2, -0.15) is 0 Å². The van der Waals surface area contributed by atoms with Gasteiger partial charge in [0.15, 0.2) is 0 Å². The van der Waals surface area contributed by atoms with Crippen LogP contribution >= 0.6 is 27.3 Å². The number of thiophene rings is 1. The van der Waals surface area contributed by atoms with Crippen LogP contribution in [0, 0.1) is 5.82 Å². The summed E-state index contributed by atoms with van der Waals surface area (Å²) in [4.78, 5) is 13.8. The first-order chi connectivity index (χ1) is 9.52. The average Bonchev–Trinajstić information content (AvgIpc) is 2.74. The molecule has 2 aromatic rings. The second-order valence-corrected chi connectivity index (χ2v) is 6.78. The van der Waals surface area contributed by atoms with E-state index in [4.69, 9.17) is 0 Å². The molecule has 1 amide bonds. The number of likely N-dealkylation sites (N-methyl/N-ethyl adjacent to an activating group) is 1. The molecule has 0 aliphatic carbocycles. The number of nitrogens with zero attached hydrogens (tertiary/aromatic N) is 1. The van der Waals surface area contributed by atoms with Gasteiger partial charge in [0.25, 0.3) is 0 Å². The first-order valence-corrected chi connectivity index (χ1v) is 7.67. The minimum Gasteiger partial charge on any atom is -0.325 e. The lowest BCUT2D eigenvalue weighted by atomic mass is 10.3. The van der Waals surface area contributed by atoms with Crippen molar-refractivity contribution in [3.63, 3.8) is 0 Å². The molecule has 1 N–H and O–H groups in total. The van der Waals surface area contributed by atoms with Gasteiger partial charge in [-0.15, -0.1) is 11.3 Å². The van der Waals surface area contributed by atoms with E-state index in [1.165, 1.54) is 12.1 Å². The summed E-state index contributed by atoms with van der Waals surface area (Å²) in [6.45, 7) is 0.947. The molecule has 6 heteroatoms. The van der Waals surface area contributed by atoms with Gasteiger partial charge in [-0.3, -0.25) is 9.69 Å². The van der Waals surface area contributed by atoms with E-state index < -0.39 is 0 Å². The first-order valence-electron chi connectivity index (χ1n) is 6.00. The van der Waals surface area contributed by atoms with Gasteiger partial charge in [0.1, 0.15) is 5.82 Å². The van der Waals surface area contributed by atoms with E-state index in [1.807, 2.05) is 23.4 Å². The summed E-state index contributed by atoms with van der Waals surface area (Å²) in [6.07, 6.45) is 0. The molecule has 0 saturated heterocycles. The predicted molar refractivity (Wildman–Crippen MR) is 83.4 cm³/mol. The molecule has 0 fully saturated rings. The Morgan fingerprint density at radius 3 is 2.90 bits per heavy atom.